The first-order chi connectivity index (χ1) is 6.54. The molecule has 0 fully saturated rings. The van der Waals surface area contributed by atoms with Gasteiger partial charge in [-0.1, -0.05) is 29.8 Å². The Morgan fingerprint density at radius 3 is 2.57 bits per heavy atom. The lowest BCUT2D eigenvalue weighted by molar-refractivity contribution is -0.531. The van der Waals surface area contributed by atoms with Crippen molar-refractivity contribution < 1.29 is 10.0 Å². The van der Waals surface area contributed by atoms with Gasteiger partial charge in [0, 0.05) is 22.4 Å². The van der Waals surface area contributed by atoms with Gasteiger partial charge in [-0.25, -0.2) is 0 Å². The summed E-state index contributed by atoms with van der Waals surface area (Å²) in [4.78, 5) is 9.89. The first kappa shape index (κ1) is 10.9. The van der Waals surface area contributed by atoms with E-state index in [0.717, 1.165) is 0 Å². The SMILES string of the molecule is C[C@H]([C@@H](O)c1ccccc1Cl)[N+](=O)[O-]. The van der Waals surface area contributed by atoms with Gasteiger partial charge in [-0.2, -0.15) is 0 Å². The van der Waals surface area contributed by atoms with Crippen molar-refractivity contribution in [2.24, 2.45) is 0 Å². The van der Waals surface area contributed by atoms with Crippen LogP contribution in [-0.2, 0) is 0 Å². The summed E-state index contributed by atoms with van der Waals surface area (Å²) in [6.07, 6.45) is -1.17. The van der Waals surface area contributed by atoms with Crippen LogP contribution in [0.2, 0.25) is 5.02 Å². The molecule has 5 heteroatoms. The van der Waals surface area contributed by atoms with Crippen LogP contribution in [0.15, 0.2) is 24.3 Å². The van der Waals surface area contributed by atoms with E-state index in [1.165, 1.54) is 6.92 Å². The Kier molecular flexibility index (Phi) is 3.43. The van der Waals surface area contributed by atoms with Gasteiger partial charge in [0.2, 0.25) is 6.04 Å². The highest BCUT2D eigenvalue weighted by Gasteiger charge is 2.27. The molecule has 4 nitrogen and oxygen atoms in total. The van der Waals surface area contributed by atoms with Crippen molar-refractivity contribution in [2.75, 3.05) is 0 Å². The monoisotopic (exact) mass is 215 g/mol. The third-order valence-corrected chi connectivity index (χ3v) is 2.36. The molecule has 0 unspecified atom stereocenters. The molecule has 0 heterocycles. The van der Waals surface area contributed by atoms with Gasteiger partial charge in [-0.3, -0.25) is 10.1 Å². The van der Waals surface area contributed by atoms with E-state index in [4.69, 9.17) is 11.6 Å². The summed E-state index contributed by atoms with van der Waals surface area (Å²) in [5.41, 5.74) is 0.387. The molecule has 76 valence electrons. The predicted molar refractivity (Wildman–Crippen MR) is 52.9 cm³/mol. The fourth-order valence-electron chi connectivity index (χ4n) is 1.09. The maximum atomic E-state index is 10.4. The minimum atomic E-state index is -1.17. The first-order valence-corrected chi connectivity index (χ1v) is 4.48. The fraction of sp³-hybridized carbons (Fsp3) is 0.333. The van der Waals surface area contributed by atoms with Gasteiger partial charge in [0.15, 0.2) is 0 Å². The lowest BCUT2D eigenvalue weighted by atomic mass is 10.0. The Bertz CT molecular complexity index is 343. The Balaban J connectivity index is 2.94. The van der Waals surface area contributed by atoms with Crippen molar-refractivity contribution in [3.8, 4) is 0 Å². The van der Waals surface area contributed by atoms with Crippen LogP contribution < -0.4 is 0 Å². The zero-order chi connectivity index (χ0) is 10.7. The molecule has 14 heavy (non-hydrogen) atoms. The van der Waals surface area contributed by atoms with Gasteiger partial charge in [0.25, 0.3) is 0 Å². The second-order valence-corrected chi connectivity index (χ2v) is 3.40. The Morgan fingerprint density at radius 1 is 1.50 bits per heavy atom. The zero-order valence-electron chi connectivity index (χ0n) is 7.55. The number of aliphatic hydroxyl groups excluding tert-OH is 1. The number of nitro groups is 1. The summed E-state index contributed by atoms with van der Waals surface area (Å²) in [6.45, 7) is 1.34. The number of nitrogens with zero attached hydrogens (tertiary/aromatic N) is 1. The molecule has 2 atom stereocenters. The van der Waals surface area contributed by atoms with E-state index in [0.29, 0.717) is 10.6 Å². The summed E-state index contributed by atoms with van der Waals surface area (Å²) in [5, 5.41) is 20.4. The topological polar surface area (TPSA) is 63.4 Å². The van der Waals surface area contributed by atoms with Gasteiger partial charge in [-0.05, 0) is 6.07 Å². The van der Waals surface area contributed by atoms with Gasteiger partial charge in [0.05, 0.1) is 0 Å². The van der Waals surface area contributed by atoms with Crippen LogP contribution in [-0.4, -0.2) is 16.1 Å². The number of rotatable bonds is 3. The molecule has 0 aliphatic rings. The highest BCUT2D eigenvalue weighted by molar-refractivity contribution is 6.31. The molecule has 1 aromatic rings. The summed E-state index contributed by atoms with van der Waals surface area (Å²) in [7, 11) is 0. The van der Waals surface area contributed by atoms with Gasteiger partial charge < -0.3 is 5.11 Å². The fourth-order valence-corrected chi connectivity index (χ4v) is 1.34. The Morgan fingerprint density at radius 2 is 2.07 bits per heavy atom. The molecular weight excluding hydrogens is 206 g/mol. The smallest absolute Gasteiger partial charge is 0.240 e. The van der Waals surface area contributed by atoms with Gasteiger partial charge >= 0.3 is 0 Å². The second kappa shape index (κ2) is 4.39. The van der Waals surface area contributed by atoms with E-state index >= 15 is 0 Å². The Hall–Kier alpha value is -1.13. The third kappa shape index (κ3) is 2.21. The number of halogens is 1. The van der Waals surface area contributed by atoms with E-state index in [1.54, 1.807) is 24.3 Å². The number of hydrogen-bond donors (Lipinski definition) is 1. The van der Waals surface area contributed by atoms with Crippen LogP contribution in [0.25, 0.3) is 0 Å². The van der Waals surface area contributed by atoms with Crippen LogP contribution in [0.5, 0.6) is 0 Å². The summed E-state index contributed by atoms with van der Waals surface area (Å²) in [6, 6.07) is 5.49. The molecule has 1 N–H and O–H groups in total. The second-order valence-electron chi connectivity index (χ2n) is 2.99. The van der Waals surface area contributed by atoms with Crippen molar-refractivity contribution in [1.29, 1.82) is 0 Å². The highest BCUT2D eigenvalue weighted by Crippen LogP contribution is 2.25. The zero-order valence-corrected chi connectivity index (χ0v) is 8.31. The molecule has 1 aromatic carbocycles. The van der Waals surface area contributed by atoms with Crippen molar-refractivity contribution in [3.63, 3.8) is 0 Å². The van der Waals surface area contributed by atoms with E-state index in [-0.39, 0.29) is 0 Å². The third-order valence-electron chi connectivity index (χ3n) is 2.01. The first-order valence-electron chi connectivity index (χ1n) is 4.10. The predicted octanol–water partition coefficient (Wildman–Crippen LogP) is 2.04. The average molecular weight is 216 g/mol. The average Bonchev–Trinajstić information content (AvgIpc) is 2.16. The van der Waals surface area contributed by atoms with Crippen molar-refractivity contribution in [3.05, 3.63) is 45.0 Å². The molecule has 1 rings (SSSR count). The standard InChI is InChI=1S/C9H10ClNO3/c1-6(11(13)14)9(12)7-4-2-3-5-8(7)10/h2-6,9,12H,1H3/t6-,9-/m1/s1. The maximum Gasteiger partial charge on any atom is 0.240 e. The van der Waals surface area contributed by atoms with Crippen molar-refractivity contribution >= 4 is 11.6 Å². The summed E-state index contributed by atoms with van der Waals surface area (Å²) in [5.74, 6) is 0. The van der Waals surface area contributed by atoms with E-state index in [1.807, 2.05) is 0 Å². The molecular formula is C9H10ClNO3. The molecule has 0 amide bonds. The van der Waals surface area contributed by atoms with Crippen molar-refractivity contribution in [2.45, 2.75) is 19.1 Å². The summed E-state index contributed by atoms with van der Waals surface area (Å²) < 4.78 is 0. The van der Waals surface area contributed by atoms with Gasteiger partial charge in [-0.15, -0.1) is 0 Å². The van der Waals surface area contributed by atoms with Crippen LogP contribution in [0.4, 0.5) is 0 Å². The lowest BCUT2D eigenvalue weighted by Crippen LogP contribution is -2.24. The highest BCUT2D eigenvalue weighted by atomic mass is 35.5. The minimum Gasteiger partial charge on any atom is -0.381 e. The lowest BCUT2D eigenvalue weighted by Gasteiger charge is -2.13. The normalized spacial score (nSPS) is 14.8. The molecule has 0 saturated carbocycles. The molecule has 0 aromatic heterocycles. The van der Waals surface area contributed by atoms with E-state index in [2.05, 4.69) is 0 Å². The molecule has 0 radical (unpaired) electrons. The van der Waals surface area contributed by atoms with Crippen LogP contribution in [0, 0.1) is 10.1 Å². The van der Waals surface area contributed by atoms with Crippen molar-refractivity contribution in [1.82, 2.24) is 0 Å². The van der Waals surface area contributed by atoms with E-state index in [9.17, 15) is 15.2 Å². The summed E-state index contributed by atoms with van der Waals surface area (Å²) >= 11 is 5.79. The molecule has 0 bridgehead atoms. The Labute approximate surface area is 86.3 Å². The number of hydrogen-bond acceptors (Lipinski definition) is 3. The van der Waals surface area contributed by atoms with E-state index < -0.39 is 17.1 Å². The van der Waals surface area contributed by atoms with Crippen LogP contribution in [0.1, 0.15) is 18.6 Å². The molecule has 0 aliphatic heterocycles. The van der Waals surface area contributed by atoms with Crippen LogP contribution in [0.3, 0.4) is 0 Å². The largest absolute Gasteiger partial charge is 0.381 e. The van der Waals surface area contributed by atoms with Gasteiger partial charge in [0.1, 0.15) is 6.10 Å². The molecule has 0 spiro atoms. The minimum absolute atomic E-state index is 0.341. The number of aliphatic hydroxyl groups is 1. The molecule has 0 aliphatic carbocycles. The quantitative estimate of drug-likeness (QED) is 0.620. The maximum absolute atomic E-state index is 10.4. The van der Waals surface area contributed by atoms with Crippen LogP contribution >= 0.6 is 11.6 Å². The molecule has 0 saturated heterocycles. The number of benzene rings is 1.